The SMILES string of the molecule is O=C(NCCOCC(F)(F)F)c1csc(-c2ccco2)n1. The van der Waals surface area contributed by atoms with Gasteiger partial charge in [-0.2, -0.15) is 13.2 Å². The molecule has 2 heterocycles. The van der Waals surface area contributed by atoms with Gasteiger partial charge in [-0.05, 0) is 12.1 Å². The molecule has 2 aromatic rings. The minimum absolute atomic E-state index is 0.0253. The van der Waals surface area contributed by atoms with Crippen LogP contribution < -0.4 is 5.32 Å². The van der Waals surface area contributed by atoms with E-state index in [-0.39, 0.29) is 18.8 Å². The Bertz CT molecular complexity index is 581. The van der Waals surface area contributed by atoms with Gasteiger partial charge in [0.25, 0.3) is 5.91 Å². The number of nitrogens with one attached hydrogen (secondary N) is 1. The molecule has 1 amide bonds. The van der Waals surface area contributed by atoms with Gasteiger partial charge in [-0.1, -0.05) is 0 Å². The van der Waals surface area contributed by atoms with E-state index in [1.807, 2.05) is 0 Å². The average molecular weight is 320 g/mol. The number of halogens is 3. The van der Waals surface area contributed by atoms with E-state index < -0.39 is 18.7 Å². The van der Waals surface area contributed by atoms with Gasteiger partial charge in [0.05, 0.1) is 12.9 Å². The van der Waals surface area contributed by atoms with Gasteiger partial charge in [-0.25, -0.2) is 4.98 Å². The third-order valence-electron chi connectivity index (χ3n) is 2.27. The lowest BCUT2D eigenvalue weighted by Crippen LogP contribution is -2.29. The Morgan fingerprint density at radius 3 is 2.95 bits per heavy atom. The van der Waals surface area contributed by atoms with E-state index in [2.05, 4.69) is 15.0 Å². The first-order chi connectivity index (χ1) is 9.96. The summed E-state index contributed by atoms with van der Waals surface area (Å²) >= 11 is 1.24. The predicted octanol–water partition coefficient (Wildman–Crippen LogP) is 2.71. The number of amides is 1. The monoisotopic (exact) mass is 320 g/mol. The average Bonchev–Trinajstić information content (AvgIpc) is 3.07. The third-order valence-corrected chi connectivity index (χ3v) is 3.12. The third kappa shape index (κ3) is 4.87. The van der Waals surface area contributed by atoms with Gasteiger partial charge in [-0.15, -0.1) is 11.3 Å². The molecule has 2 aromatic heterocycles. The Balaban J connectivity index is 1.76. The number of thiazole rings is 1. The van der Waals surface area contributed by atoms with Gasteiger partial charge < -0.3 is 14.5 Å². The van der Waals surface area contributed by atoms with Crippen molar-refractivity contribution < 1.29 is 27.1 Å². The molecule has 9 heteroatoms. The van der Waals surface area contributed by atoms with Crippen molar-refractivity contribution in [2.45, 2.75) is 6.18 Å². The number of aromatic nitrogens is 1. The van der Waals surface area contributed by atoms with Gasteiger partial charge in [0.1, 0.15) is 12.3 Å². The molecule has 5 nitrogen and oxygen atoms in total. The molecule has 0 aromatic carbocycles. The second-order valence-corrected chi connectivity index (χ2v) is 4.80. The van der Waals surface area contributed by atoms with Crippen LogP contribution in [0.15, 0.2) is 28.2 Å². The Morgan fingerprint density at radius 2 is 2.29 bits per heavy atom. The van der Waals surface area contributed by atoms with Crippen molar-refractivity contribution in [2.24, 2.45) is 0 Å². The fourth-order valence-corrected chi connectivity index (χ4v) is 2.17. The molecular weight excluding hydrogens is 309 g/mol. The number of carbonyl (C=O) groups excluding carboxylic acids is 1. The molecule has 0 aliphatic rings. The van der Waals surface area contributed by atoms with E-state index in [1.165, 1.54) is 17.6 Å². The number of furan rings is 1. The summed E-state index contributed by atoms with van der Waals surface area (Å²) in [7, 11) is 0. The van der Waals surface area contributed by atoms with Gasteiger partial charge in [0.2, 0.25) is 0 Å². The van der Waals surface area contributed by atoms with E-state index in [9.17, 15) is 18.0 Å². The number of hydrogen-bond donors (Lipinski definition) is 1. The molecule has 0 saturated carbocycles. The van der Waals surface area contributed by atoms with E-state index in [4.69, 9.17) is 4.42 Å². The van der Waals surface area contributed by atoms with Crippen molar-refractivity contribution in [2.75, 3.05) is 19.8 Å². The van der Waals surface area contributed by atoms with Crippen molar-refractivity contribution >= 4 is 17.2 Å². The Morgan fingerprint density at radius 1 is 1.48 bits per heavy atom. The topological polar surface area (TPSA) is 64.4 Å². The van der Waals surface area contributed by atoms with Crippen LogP contribution in [0.2, 0.25) is 0 Å². The van der Waals surface area contributed by atoms with Gasteiger partial charge >= 0.3 is 6.18 Å². The molecule has 0 bridgehead atoms. The molecule has 0 spiro atoms. The first kappa shape index (κ1) is 15.5. The smallest absolute Gasteiger partial charge is 0.411 e. The second kappa shape index (κ2) is 6.72. The summed E-state index contributed by atoms with van der Waals surface area (Å²) in [5.41, 5.74) is 0.183. The van der Waals surface area contributed by atoms with Crippen LogP contribution in [0.5, 0.6) is 0 Å². The maximum atomic E-state index is 11.8. The lowest BCUT2D eigenvalue weighted by molar-refractivity contribution is -0.173. The van der Waals surface area contributed by atoms with Crippen LogP contribution in [-0.4, -0.2) is 36.8 Å². The highest BCUT2D eigenvalue weighted by Crippen LogP contribution is 2.23. The molecule has 114 valence electrons. The zero-order chi connectivity index (χ0) is 15.3. The molecule has 0 saturated heterocycles. The van der Waals surface area contributed by atoms with Crippen LogP contribution in [0, 0.1) is 0 Å². The summed E-state index contributed by atoms with van der Waals surface area (Å²) < 4.78 is 45.0. The number of alkyl halides is 3. The summed E-state index contributed by atoms with van der Waals surface area (Å²) in [5.74, 6) is 0.0761. The van der Waals surface area contributed by atoms with E-state index in [0.717, 1.165) is 0 Å². The molecule has 2 rings (SSSR count). The highest BCUT2D eigenvalue weighted by Gasteiger charge is 2.27. The molecule has 0 atom stereocenters. The number of nitrogens with zero attached hydrogens (tertiary/aromatic N) is 1. The summed E-state index contributed by atoms with van der Waals surface area (Å²) in [6.07, 6.45) is -2.87. The first-order valence-electron chi connectivity index (χ1n) is 5.88. The van der Waals surface area contributed by atoms with E-state index in [0.29, 0.717) is 10.8 Å². The summed E-state index contributed by atoms with van der Waals surface area (Å²) in [4.78, 5) is 15.8. The van der Waals surface area contributed by atoms with Gasteiger partial charge in [0.15, 0.2) is 10.8 Å². The predicted molar refractivity (Wildman–Crippen MR) is 69.0 cm³/mol. The quantitative estimate of drug-likeness (QED) is 0.831. The van der Waals surface area contributed by atoms with Gasteiger partial charge in [-0.3, -0.25) is 4.79 Å². The number of ether oxygens (including phenoxy) is 1. The molecule has 0 aliphatic heterocycles. The Labute approximate surface area is 121 Å². The van der Waals surface area contributed by atoms with Crippen LogP contribution >= 0.6 is 11.3 Å². The normalized spacial score (nSPS) is 11.6. The number of rotatable bonds is 6. The first-order valence-corrected chi connectivity index (χ1v) is 6.76. The Kier molecular flexibility index (Phi) is 4.97. The van der Waals surface area contributed by atoms with Crippen molar-refractivity contribution in [3.05, 3.63) is 29.5 Å². The van der Waals surface area contributed by atoms with E-state index >= 15 is 0 Å². The molecule has 1 N–H and O–H groups in total. The minimum Gasteiger partial charge on any atom is -0.462 e. The number of hydrogen-bond acceptors (Lipinski definition) is 5. The van der Waals surface area contributed by atoms with Crippen LogP contribution in [0.4, 0.5) is 13.2 Å². The maximum Gasteiger partial charge on any atom is 0.411 e. The van der Waals surface area contributed by atoms with Crippen molar-refractivity contribution in [1.29, 1.82) is 0 Å². The summed E-state index contributed by atoms with van der Waals surface area (Å²) in [6.45, 7) is -1.58. The standard InChI is InChI=1S/C12H11F3N2O3S/c13-12(14,15)7-19-5-3-16-10(18)8-6-21-11(17-8)9-2-1-4-20-9/h1-2,4,6H,3,5,7H2,(H,16,18). The Hall–Kier alpha value is -1.87. The molecule has 0 aliphatic carbocycles. The molecule has 0 unspecified atom stereocenters. The zero-order valence-corrected chi connectivity index (χ0v) is 11.5. The second-order valence-electron chi connectivity index (χ2n) is 3.94. The highest BCUT2D eigenvalue weighted by atomic mass is 32.1. The molecular formula is C12H11F3N2O3S. The van der Waals surface area contributed by atoms with Crippen molar-refractivity contribution in [3.8, 4) is 10.8 Å². The highest BCUT2D eigenvalue weighted by molar-refractivity contribution is 7.13. The molecule has 0 radical (unpaired) electrons. The number of carbonyl (C=O) groups is 1. The van der Waals surface area contributed by atoms with Crippen LogP contribution in [0.3, 0.4) is 0 Å². The molecule has 0 fully saturated rings. The minimum atomic E-state index is -4.36. The maximum absolute atomic E-state index is 11.8. The molecule has 21 heavy (non-hydrogen) atoms. The van der Waals surface area contributed by atoms with E-state index in [1.54, 1.807) is 17.5 Å². The lowest BCUT2D eigenvalue weighted by atomic mass is 10.4. The lowest BCUT2D eigenvalue weighted by Gasteiger charge is -2.07. The summed E-state index contributed by atoms with van der Waals surface area (Å²) in [6, 6.07) is 3.42. The largest absolute Gasteiger partial charge is 0.462 e. The van der Waals surface area contributed by atoms with Crippen molar-refractivity contribution in [1.82, 2.24) is 10.3 Å². The zero-order valence-electron chi connectivity index (χ0n) is 10.6. The van der Waals surface area contributed by atoms with Gasteiger partial charge in [0, 0.05) is 11.9 Å². The fraction of sp³-hybridized carbons (Fsp3) is 0.333. The van der Waals surface area contributed by atoms with Crippen molar-refractivity contribution in [3.63, 3.8) is 0 Å². The summed E-state index contributed by atoms with van der Waals surface area (Å²) in [5, 5.41) is 4.53. The van der Waals surface area contributed by atoms with Crippen LogP contribution in [0.25, 0.3) is 10.8 Å². The fourth-order valence-electron chi connectivity index (χ4n) is 1.41. The van der Waals surface area contributed by atoms with Crippen LogP contribution in [0.1, 0.15) is 10.5 Å². The van der Waals surface area contributed by atoms with Crippen LogP contribution in [-0.2, 0) is 4.74 Å².